The lowest BCUT2D eigenvalue weighted by Crippen LogP contribution is -2.19. The number of nitrogens with one attached hydrogen (secondary N) is 1. The van der Waals surface area contributed by atoms with Gasteiger partial charge in [0, 0.05) is 17.6 Å². The minimum absolute atomic E-state index is 0.361. The fraction of sp³-hybridized carbons (Fsp3) is 0.438. The van der Waals surface area contributed by atoms with Gasteiger partial charge in [0.15, 0.2) is 5.76 Å². The highest BCUT2D eigenvalue weighted by atomic mass is 35.5. The molecule has 114 valence electrons. The van der Waals surface area contributed by atoms with E-state index in [0.29, 0.717) is 29.9 Å². The van der Waals surface area contributed by atoms with Crippen LogP contribution in [0.5, 0.6) is 5.75 Å². The Hall–Kier alpha value is -1.52. The Balaban J connectivity index is 1.85. The van der Waals surface area contributed by atoms with Crippen LogP contribution in [0.25, 0.3) is 0 Å². The molecule has 0 aliphatic carbocycles. The molecule has 0 aliphatic rings. The van der Waals surface area contributed by atoms with E-state index in [4.69, 9.17) is 20.9 Å². The van der Waals surface area contributed by atoms with Crippen LogP contribution in [0.2, 0.25) is 5.02 Å². The summed E-state index contributed by atoms with van der Waals surface area (Å²) in [7, 11) is 0. The van der Waals surface area contributed by atoms with Crippen LogP contribution in [0, 0.1) is 12.8 Å². The van der Waals surface area contributed by atoms with Gasteiger partial charge >= 0.3 is 0 Å². The third-order valence-corrected chi connectivity index (χ3v) is 3.21. The van der Waals surface area contributed by atoms with Gasteiger partial charge in [-0.05, 0) is 43.1 Å². The number of hydrogen-bond donors (Lipinski definition) is 1. The first-order chi connectivity index (χ1) is 10.0. The zero-order chi connectivity index (χ0) is 15.2. The van der Waals surface area contributed by atoms with Crippen molar-refractivity contribution >= 4 is 11.6 Å². The summed E-state index contributed by atoms with van der Waals surface area (Å²) in [4.78, 5) is 0. The minimum atomic E-state index is 0.361. The third kappa shape index (κ3) is 5.06. The number of benzene rings is 1. The molecule has 0 atom stereocenters. The molecule has 0 saturated carbocycles. The predicted molar refractivity (Wildman–Crippen MR) is 83.6 cm³/mol. The summed E-state index contributed by atoms with van der Waals surface area (Å²) >= 11 is 5.92. The molecule has 0 unspecified atom stereocenters. The molecule has 1 N–H and O–H groups in total. The van der Waals surface area contributed by atoms with Gasteiger partial charge in [0.1, 0.15) is 12.4 Å². The number of aryl methyl sites for hydroxylation is 1. The highest BCUT2D eigenvalue weighted by Crippen LogP contribution is 2.22. The lowest BCUT2D eigenvalue weighted by atomic mass is 10.2. The zero-order valence-corrected chi connectivity index (χ0v) is 13.4. The van der Waals surface area contributed by atoms with Crippen molar-refractivity contribution in [2.45, 2.75) is 33.9 Å². The molecule has 1 heterocycles. The molecule has 21 heavy (non-hydrogen) atoms. The zero-order valence-electron chi connectivity index (χ0n) is 12.6. The first kappa shape index (κ1) is 15.9. The Morgan fingerprint density at radius 3 is 2.86 bits per heavy atom. The first-order valence-corrected chi connectivity index (χ1v) is 7.46. The van der Waals surface area contributed by atoms with Crippen molar-refractivity contribution in [3.05, 3.63) is 46.3 Å². The standard InChI is InChI=1S/C16H21ClN2O2/c1-11(2)8-18-9-14-7-15(21-19-14)10-20-16-5-4-13(17)6-12(16)3/h4-7,11,18H,8-10H2,1-3H3. The minimum Gasteiger partial charge on any atom is -0.485 e. The van der Waals surface area contributed by atoms with E-state index < -0.39 is 0 Å². The summed E-state index contributed by atoms with van der Waals surface area (Å²) in [5, 5.41) is 8.06. The second kappa shape index (κ2) is 7.48. The van der Waals surface area contributed by atoms with Gasteiger partial charge in [-0.15, -0.1) is 0 Å². The molecule has 5 heteroatoms. The molecule has 0 aliphatic heterocycles. The van der Waals surface area contributed by atoms with Gasteiger partial charge in [-0.2, -0.15) is 0 Å². The molecule has 2 rings (SSSR count). The van der Waals surface area contributed by atoms with Gasteiger partial charge in [-0.3, -0.25) is 0 Å². The van der Waals surface area contributed by atoms with Crippen molar-refractivity contribution in [1.82, 2.24) is 10.5 Å². The van der Waals surface area contributed by atoms with Crippen LogP contribution in [0.15, 0.2) is 28.8 Å². The molecule has 1 aromatic carbocycles. The van der Waals surface area contributed by atoms with Crippen LogP contribution >= 0.6 is 11.6 Å². The molecular weight excluding hydrogens is 288 g/mol. The average molecular weight is 309 g/mol. The fourth-order valence-electron chi connectivity index (χ4n) is 1.92. The normalized spacial score (nSPS) is 11.1. The second-order valence-corrected chi connectivity index (χ2v) is 5.94. The monoisotopic (exact) mass is 308 g/mol. The number of hydrogen-bond acceptors (Lipinski definition) is 4. The van der Waals surface area contributed by atoms with Crippen molar-refractivity contribution < 1.29 is 9.26 Å². The van der Waals surface area contributed by atoms with Crippen molar-refractivity contribution in [3.63, 3.8) is 0 Å². The Bertz CT molecular complexity index is 581. The summed E-state index contributed by atoms with van der Waals surface area (Å²) in [6.07, 6.45) is 0. The first-order valence-electron chi connectivity index (χ1n) is 7.08. The lowest BCUT2D eigenvalue weighted by molar-refractivity contribution is 0.247. The fourth-order valence-corrected chi connectivity index (χ4v) is 2.15. The van der Waals surface area contributed by atoms with Gasteiger partial charge in [0.25, 0.3) is 0 Å². The maximum Gasteiger partial charge on any atom is 0.174 e. The van der Waals surface area contributed by atoms with Gasteiger partial charge < -0.3 is 14.6 Å². The van der Waals surface area contributed by atoms with Crippen LogP contribution in [0.1, 0.15) is 30.9 Å². The molecule has 0 amide bonds. The molecule has 0 radical (unpaired) electrons. The van der Waals surface area contributed by atoms with E-state index >= 15 is 0 Å². The van der Waals surface area contributed by atoms with E-state index in [1.165, 1.54) is 0 Å². The summed E-state index contributed by atoms with van der Waals surface area (Å²) in [6.45, 7) is 8.33. The molecule has 2 aromatic rings. The van der Waals surface area contributed by atoms with E-state index in [-0.39, 0.29) is 0 Å². The second-order valence-electron chi connectivity index (χ2n) is 5.51. The molecule has 0 bridgehead atoms. The van der Waals surface area contributed by atoms with E-state index in [2.05, 4.69) is 24.3 Å². The number of aromatic nitrogens is 1. The summed E-state index contributed by atoms with van der Waals surface area (Å²) in [5.74, 6) is 2.13. The summed E-state index contributed by atoms with van der Waals surface area (Å²) in [5.41, 5.74) is 1.89. The number of rotatable bonds is 7. The van der Waals surface area contributed by atoms with Crippen LogP contribution in [-0.2, 0) is 13.2 Å². The smallest absolute Gasteiger partial charge is 0.174 e. The quantitative estimate of drug-likeness (QED) is 0.841. The van der Waals surface area contributed by atoms with Crippen LogP contribution in [0.4, 0.5) is 0 Å². The molecule has 4 nitrogen and oxygen atoms in total. The Morgan fingerprint density at radius 1 is 1.33 bits per heavy atom. The topological polar surface area (TPSA) is 47.3 Å². The van der Waals surface area contributed by atoms with Gasteiger partial charge in [-0.25, -0.2) is 0 Å². The van der Waals surface area contributed by atoms with E-state index in [9.17, 15) is 0 Å². The highest BCUT2D eigenvalue weighted by molar-refractivity contribution is 6.30. The van der Waals surface area contributed by atoms with Crippen molar-refractivity contribution in [1.29, 1.82) is 0 Å². The lowest BCUT2D eigenvalue weighted by Gasteiger charge is -2.07. The van der Waals surface area contributed by atoms with Crippen LogP contribution in [0.3, 0.4) is 0 Å². The van der Waals surface area contributed by atoms with Crippen LogP contribution in [-0.4, -0.2) is 11.7 Å². The molecule has 0 saturated heterocycles. The molecule has 1 aromatic heterocycles. The maximum atomic E-state index is 5.92. The number of nitrogens with zero attached hydrogens (tertiary/aromatic N) is 1. The SMILES string of the molecule is Cc1cc(Cl)ccc1OCc1cc(CNCC(C)C)no1. The van der Waals surface area contributed by atoms with Crippen LogP contribution < -0.4 is 10.1 Å². The van der Waals surface area contributed by atoms with E-state index in [0.717, 1.165) is 23.6 Å². The third-order valence-electron chi connectivity index (χ3n) is 2.97. The number of ether oxygens (including phenoxy) is 1. The van der Waals surface area contributed by atoms with Gasteiger partial charge in [0.2, 0.25) is 0 Å². The van der Waals surface area contributed by atoms with Crippen molar-refractivity contribution in [2.75, 3.05) is 6.54 Å². The van der Waals surface area contributed by atoms with E-state index in [1.807, 2.05) is 31.2 Å². The van der Waals surface area contributed by atoms with Crippen molar-refractivity contribution in [3.8, 4) is 5.75 Å². The molecule has 0 spiro atoms. The molecule has 0 fully saturated rings. The highest BCUT2D eigenvalue weighted by Gasteiger charge is 2.07. The predicted octanol–water partition coefficient (Wildman–Crippen LogP) is 3.96. The Kier molecular flexibility index (Phi) is 5.65. The largest absolute Gasteiger partial charge is 0.485 e. The summed E-state index contributed by atoms with van der Waals surface area (Å²) < 4.78 is 11.0. The van der Waals surface area contributed by atoms with E-state index in [1.54, 1.807) is 0 Å². The molecular formula is C16H21ClN2O2. The average Bonchev–Trinajstić information content (AvgIpc) is 2.85. The Morgan fingerprint density at radius 2 is 2.14 bits per heavy atom. The number of halogens is 1. The van der Waals surface area contributed by atoms with Crippen molar-refractivity contribution in [2.24, 2.45) is 5.92 Å². The summed E-state index contributed by atoms with van der Waals surface area (Å²) in [6, 6.07) is 7.46. The maximum absolute atomic E-state index is 5.92. The van der Waals surface area contributed by atoms with Gasteiger partial charge in [0.05, 0.1) is 5.69 Å². The Labute approximate surface area is 130 Å². The van der Waals surface area contributed by atoms with Gasteiger partial charge in [-0.1, -0.05) is 30.6 Å².